The molecule has 122 valence electrons. The Hall–Kier alpha value is -3.29. The molecule has 1 aromatic carbocycles. The average molecular weight is 325 g/mol. The number of nitrogens with zero attached hydrogens (tertiary/aromatic N) is 4. The van der Waals surface area contributed by atoms with Gasteiger partial charge in [-0.05, 0) is 19.1 Å². The second kappa shape index (κ2) is 6.45. The fourth-order valence-electron chi connectivity index (χ4n) is 2.52. The Balaban J connectivity index is 1.74. The maximum absolute atomic E-state index is 12.2. The summed E-state index contributed by atoms with van der Waals surface area (Å²) in [5, 5.41) is 21.9. The van der Waals surface area contributed by atoms with Gasteiger partial charge in [-0.3, -0.25) is 19.3 Å². The predicted molar refractivity (Wildman–Crippen MR) is 86.3 cm³/mol. The highest BCUT2D eigenvalue weighted by Crippen LogP contribution is 2.19. The molecule has 0 aliphatic heterocycles. The van der Waals surface area contributed by atoms with Gasteiger partial charge < -0.3 is 5.32 Å². The molecule has 0 fully saturated rings. The van der Waals surface area contributed by atoms with Gasteiger partial charge in [0, 0.05) is 17.8 Å². The molecular formula is C16H15N5O3. The van der Waals surface area contributed by atoms with Crippen molar-refractivity contribution in [2.45, 2.75) is 19.4 Å². The number of para-hydroxylation sites is 1. The summed E-state index contributed by atoms with van der Waals surface area (Å²) in [7, 11) is 0. The molecule has 0 saturated carbocycles. The lowest BCUT2D eigenvalue weighted by Crippen LogP contribution is -2.29. The number of rotatable bonds is 5. The Bertz CT molecular complexity index is 905. The Morgan fingerprint density at radius 3 is 2.79 bits per heavy atom. The van der Waals surface area contributed by atoms with Crippen molar-refractivity contribution >= 4 is 17.2 Å². The number of benzene rings is 1. The van der Waals surface area contributed by atoms with Crippen LogP contribution in [-0.4, -0.2) is 25.4 Å². The molecule has 1 unspecified atom stereocenters. The molecule has 24 heavy (non-hydrogen) atoms. The van der Waals surface area contributed by atoms with Crippen molar-refractivity contribution in [1.29, 1.82) is 0 Å². The zero-order chi connectivity index (χ0) is 17.1. The molecule has 0 bridgehead atoms. The van der Waals surface area contributed by atoms with Crippen molar-refractivity contribution < 1.29 is 9.72 Å². The highest BCUT2D eigenvalue weighted by atomic mass is 16.6. The minimum Gasteiger partial charge on any atom is -0.346 e. The molecule has 2 aromatic heterocycles. The smallest absolute Gasteiger partial charge is 0.273 e. The number of amides is 1. The zero-order valence-electron chi connectivity index (χ0n) is 12.9. The van der Waals surface area contributed by atoms with E-state index in [1.807, 2.05) is 24.4 Å². The molecule has 8 heteroatoms. The second-order valence-corrected chi connectivity index (χ2v) is 5.34. The summed E-state index contributed by atoms with van der Waals surface area (Å²) in [5.41, 5.74) is 0.999. The van der Waals surface area contributed by atoms with Gasteiger partial charge in [-0.25, -0.2) is 0 Å². The SMILES string of the molecule is CC(NC(=O)Cc1ccccc1[N+](=O)[O-])c1nnc2ccccn12. The van der Waals surface area contributed by atoms with Crippen LogP contribution in [0.3, 0.4) is 0 Å². The molecule has 0 aliphatic rings. The normalized spacial score (nSPS) is 12.0. The number of fused-ring (bicyclic) bond motifs is 1. The summed E-state index contributed by atoms with van der Waals surface area (Å²) in [4.78, 5) is 22.8. The topological polar surface area (TPSA) is 102 Å². The lowest BCUT2D eigenvalue weighted by Gasteiger charge is -2.12. The summed E-state index contributed by atoms with van der Waals surface area (Å²) in [5.74, 6) is 0.283. The molecule has 1 atom stereocenters. The van der Waals surface area contributed by atoms with Gasteiger partial charge in [-0.15, -0.1) is 10.2 Å². The Morgan fingerprint density at radius 1 is 1.25 bits per heavy atom. The van der Waals surface area contributed by atoms with Crippen LogP contribution in [0.15, 0.2) is 48.7 Å². The van der Waals surface area contributed by atoms with Crippen LogP contribution < -0.4 is 5.32 Å². The molecule has 3 aromatic rings. The van der Waals surface area contributed by atoms with Gasteiger partial charge in [0.05, 0.1) is 17.4 Å². The van der Waals surface area contributed by atoms with Gasteiger partial charge in [-0.1, -0.05) is 24.3 Å². The third-order valence-corrected chi connectivity index (χ3v) is 3.64. The van der Waals surface area contributed by atoms with Crippen LogP contribution in [0.2, 0.25) is 0 Å². The quantitative estimate of drug-likeness (QED) is 0.571. The summed E-state index contributed by atoms with van der Waals surface area (Å²) in [6, 6.07) is 11.4. The number of aromatic nitrogens is 3. The van der Waals surface area contributed by atoms with Crippen molar-refractivity contribution in [3.8, 4) is 0 Å². The van der Waals surface area contributed by atoms with Crippen molar-refractivity contribution in [3.63, 3.8) is 0 Å². The number of nitrogens with one attached hydrogen (secondary N) is 1. The second-order valence-electron chi connectivity index (χ2n) is 5.34. The molecule has 0 aliphatic carbocycles. The molecule has 0 saturated heterocycles. The molecule has 1 amide bonds. The summed E-state index contributed by atoms with van der Waals surface area (Å²) >= 11 is 0. The minimum atomic E-state index is -0.488. The molecule has 2 heterocycles. The Labute approximate surface area is 137 Å². The summed E-state index contributed by atoms with van der Waals surface area (Å²) < 4.78 is 1.79. The third kappa shape index (κ3) is 3.07. The monoisotopic (exact) mass is 325 g/mol. The Kier molecular flexibility index (Phi) is 4.19. The number of carbonyl (C=O) groups is 1. The van der Waals surface area contributed by atoms with Crippen molar-refractivity contribution in [2.24, 2.45) is 0 Å². The number of nitro benzene ring substituents is 1. The third-order valence-electron chi connectivity index (χ3n) is 3.64. The molecule has 3 rings (SSSR count). The number of nitro groups is 1. The van der Waals surface area contributed by atoms with Crippen LogP contribution in [0.1, 0.15) is 24.4 Å². The lowest BCUT2D eigenvalue weighted by atomic mass is 10.1. The number of hydrogen-bond donors (Lipinski definition) is 1. The standard InChI is InChI=1S/C16H15N5O3/c1-11(16-19-18-14-8-4-5-9-20(14)16)17-15(22)10-12-6-2-3-7-13(12)21(23)24/h2-9,11H,10H2,1H3,(H,17,22). The average Bonchev–Trinajstić information content (AvgIpc) is 2.99. The zero-order valence-corrected chi connectivity index (χ0v) is 12.9. The number of carbonyl (C=O) groups excluding carboxylic acids is 1. The van der Waals surface area contributed by atoms with Gasteiger partial charge in [0.25, 0.3) is 5.69 Å². The number of pyridine rings is 1. The van der Waals surface area contributed by atoms with Crippen LogP contribution in [0, 0.1) is 10.1 Å². The first-order valence-corrected chi connectivity index (χ1v) is 7.37. The van der Waals surface area contributed by atoms with Gasteiger partial charge in [0.15, 0.2) is 11.5 Å². The van der Waals surface area contributed by atoms with Crippen molar-refractivity contribution in [2.75, 3.05) is 0 Å². The molecule has 0 radical (unpaired) electrons. The van der Waals surface area contributed by atoms with E-state index in [4.69, 9.17) is 0 Å². The van der Waals surface area contributed by atoms with Crippen molar-refractivity contribution in [1.82, 2.24) is 19.9 Å². The highest BCUT2D eigenvalue weighted by molar-refractivity contribution is 5.80. The molecule has 8 nitrogen and oxygen atoms in total. The van der Waals surface area contributed by atoms with Gasteiger partial charge >= 0.3 is 0 Å². The minimum absolute atomic E-state index is 0.0618. The number of hydrogen-bond acceptors (Lipinski definition) is 5. The summed E-state index contributed by atoms with van der Waals surface area (Å²) in [6.07, 6.45) is 1.74. The van der Waals surface area contributed by atoms with E-state index >= 15 is 0 Å². The lowest BCUT2D eigenvalue weighted by molar-refractivity contribution is -0.385. The van der Waals surface area contributed by atoms with E-state index in [2.05, 4.69) is 15.5 Å². The van der Waals surface area contributed by atoms with Gasteiger partial charge in [0.1, 0.15) is 0 Å². The molecule has 0 spiro atoms. The van der Waals surface area contributed by atoms with Gasteiger partial charge in [-0.2, -0.15) is 0 Å². The first-order valence-electron chi connectivity index (χ1n) is 7.37. The largest absolute Gasteiger partial charge is 0.346 e. The van der Waals surface area contributed by atoms with E-state index in [1.54, 1.807) is 29.5 Å². The van der Waals surface area contributed by atoms with E-state index in [-0.39, 0.29) is 24.1 Å². The first-order chi connectivity index (χ1) is 11.6. The van der Waals surface area contributed by atoms with Crippen LogP contribution in [-0.2, 0) is 11.2 Å². The van der Waals surface area contributed by atoms with Crippen LogP contribution in [0.5, 0.6) is 0 Å². The van der Waals surface area contributed by atoms with Crippen molar-refractivity contribution in [3.05, 3.63) is 70.2 Å². The molecule has 1 N–H and O–H groups in total. The van der Waals surface area contributed by atoms with E-state index in [0.717, 1.165) is 0 Å². The highest BCUT2D eigenvalue weighted by Gasteiger charge is 2.19. The van der Waals surface area contributed by atoms with Crippen LogP contribution >= 0.6 is 0 Å². The predicted octanol–water partition coefficient (Wildman–Crippen LogP) is 2.06. The van der Waals surface area contributed by atoms with E-state index < -0.39 is 4.92 Å². The summed E-state index contributed by atoms with van der Waals surface area (Å²) in [6.45, 7) is 1.79. The molecular weight excluding hydrogens is 310 g/mol. The maximum atomic E-state index is 12.2. The first kappa shape index (κ1) is 15.6. The Morgan fingerprint density at radius 2 is 2.00 bits per heavy atom. The van der Waals surface area contributed by atoms with Crippen LogP contribution in [0.4, 0.5) is 5.69 Å². The fraction of sp³-hybridized carbons (Fsp3) is 0.188. The van der Waals surface area contributed by atoms with Crippen LogP contribution in [0.25, 0.3) is 5.65 Å². The van der Waals surface area contributed by atoms with E-state index in [9.17, 15) is 14.9 Å². The maximum Gasteiger partial charge on any atom is 0.273 e. The van der Waals surface area contributed by atoms with E-state index in [0.29, 0.717) is 17.0 Å². The van der Waals surface area contributed by atoms with Gasteiger partial charge in [0.2, 0.25) is 5.91 Å². The fourth-order valence-corrected chi connectivity index (χ4v) is 2.52. The van der Waals surface area contributed by atoms with E-state index in [1.165, 1.54) is 6.07 Å².